The maximum atomic E-state index is 11.6. The fourth-order valence-electron chi connectivity index (χ4n) is 1.19. The number of carbonyl (C=O) groups excluding carboxylic acids is 1. The average Bonchev–Trinajstić information content (AvgIpc) is 2.85. The number of amides is 1. The van der Waals surface area contributed by atoms with Crippen LogP contribution in [0.2, 0.25) is 0 Å². The Morgan fingerprint density at radius 3 is 3.00 bits per heavy atom. The van der Waals surface area contributed by atoms with Crippen LogP contribution >= 0.6 is 27.3 Å². The van der Waals surface area contributed by atoms with Crippen LogP contribution < -0.4 is 5.32 Å². The van der Waals surface area contributed by atoms with Crippen molar-refractivity contribution < 1.29 is 4.79 Å². The van der Waals surface area contributed by atoms with Gasteiger partial charge in [0.2, 0.25) is 0 Å². The van der Waals surface area contributed by atoms with Crippen molar-refractivity contribution in [1.29, 1.82) is 0 Å². The highest BCUT2D eigenvalue weighted by molar-refractivity contribution is 9.11. The highest BCUT2D eigenvalue weighted by Crippen LogP contribution is 2.22. The van der Waals surface area contributed by atoms with Gasteiger partial charge in [0.15, 0.2) is 0 Å². The lowest BCUT2D eigenvalue weighted by atomic mass is 10.3. The maximum absolute atomic E-state index is 11.6. The zero-order chi connectivity index (χ0) is 10.7. The number of carbonyl (C=O) groups is 1. The minimum atomic E-state index is -0.0851. The lowest BCUT2D eigenvalue weighted by Gasteiger charge is -2.02. The van der Waals surface area contributed by atoms with Crippen molar-refractivity contribution in [1.82, 2.24) is 10.3 Å². The molecule has 3 nitrogen and oxygen atoms in total. The van der Waals surface area contributed by atoms with E-state index in [9.17, 15) is 4.79 Å². The topological polar surface area (TPSA) is 44.9 Å². The molecule has 2 heterocycles. The van der Waals surface area contributed by atoms with E-state index in [0.29, 0.717) is 12.2 Å². The van der Waals surface area contributed by atoms with Crippen molar-refractivity contribution >= 4 is 33.2 Å². The zero-order valence-corrected chi connectivity index (χ0v) is 10.2. The molecule has 0 saturated carbocycles. The van der Waals surface area contributed by atoms with Crippen molar-refractivity contribution in [2.75, 3.05) is 0 Å². The number of aromatic amines is 1. The standard InChI is InChI=1S/C10H9BrN2OS/c11-9-7(3-5-15-9)6-13-10(14)8-2-1-4-12-8/h1-5,12H,6H2,(H,13,14). The van der Waals surface area contributed by atoms with Gasteiger partial charge in [-0.25, -0.2) is 0 Å². The summed E-state index contributed by atoms with van der Waals surface area (Å²) in [5, 5.41) is 4.82. The molecule has 0 unspecified atom stereocenters. The molecule has 0 atom stereocenters. The van der Waals surface area contributed by atoms with Crippen LogP contribution in [0.25, 0.3) is 0 Å². The number of hydrogen-bond donors (Lipinski definition) is 2. The molecule has 0 aliphatic heterocycles. The van der Waals surface area contributed by atoms with Gasteiger partial charge in [0, 0.05) is 12.7 Å². The van der Waals surface area contributed by atoms with Crippen LogP contribution in [-0.2, 0) is 6.54 Å². The lowest BCUT2D eigenvalue weighted by Crippen LogP contribution is -2.22. The predicted molar refractivity (Wildman–Crippen MR) is 64.0 cm³/mol. The van der Waals surface area contributed by atoms with Crippen LogP contribution in [0.4, 0.5) is 0 Å². The first kappa shape index (κ1) is 10.4. The number of nitrogens with one attached hydrogen (secondary N) is 2. The van der Waals surface area contributed by atoms with Crippen LogP contribution in [0, 0.1) is 0 Å². The Hall–Kier alpha value is -1.07. The third-order valence-electron chi connectivity index (χ3n) is 1.98. The summed E-state index contributed by atoms with van der Waals surface area (Å²) in [6, 6.07) is 5.54. The van der Waals surface area contributed by atoms with E-state index in [-0.39, 0.29) is 5.91 Å². The molecule has 2 N–H and O–H groups in total. The number of halogens is 1. The molecule has 0 fully saturated rings. The summed E-state index contributed by atoms with van der Waals surface area (Å²) in [6.45, 7) is 0.544. The lowest BCUT2D eigenvalue weighted by molar-refractivity contribution is 0.0946. The third kappa shape index (κ3) is 2.49. The van der Waals surface area contributed by atoms with Crippen molar-refractivity contribution in [3.8, 4) is 0 Å². The Morgan fingerprint density at radius 2 is 2.40 bits per heavy atom. The average molecular weight is 285 g/mol. The van der Waals surface area contributed by atoms with Crippen LogP contribution in [0.15, 0.2) is 33.6 Å². The van der Waals surface area contributed by atoms with Crippen LogP contribution in [-0.4, -0.2) is 10.9 Å². The second kappa shape index (κ2) is 4.63. The minimum absolute atomic E-state index is 0.0851. The number of hydrogen-bond acceptors (Lipinski definition) is 2. The highest BCUT2D eigenvalue weighted by Gasteiger charge is 2.06. The van der Waals surface area contributed by atoms with E-state index in [2.05, 4.69) is 26.2 Å². The summed E-state index contributed by atoms with van der Waals surface area (Å²) in [5.41, 5.74) is 1.68. The molecule has 0 saturated heterocycles. The molecular formula is C10H9BrN2OS. The van der Waals surface area contributed by atoms with E-state index in [1.54, 1.807) is 29.7 Å². The molecule has 2 aromatic rings. The quantitative estimate of drug-likeness (QED) is 0.895. The first-order valence-electron chi connectivity index (χ1n) is 4.41. The molecule has 0 aromatic carbocycles. The summed E-state index contributed by atoms with van der Waals surface area (Å²) >= 11 is 5.04. The SMILES string of the molecule is O=C(NCc1ccsc1Br)c1ccc[nH]1. The number of rotatable bonds is 3. The van der Waals surface area contributed by atoms with Crippen LogP contribution in [0.1, 0.15) is 16.1 Å². The smallest absolute Gasteiger partial charge is 0.267 e. The van der Waals surface area contributed by atoms with Gasteiger partial charge >= 0.3 is 0 Å². The zero-order valence-electron chi connectivity index (χ0n) is 7.79. The summed E-state index contributed by atoms with van der Waals surface area (Å²) in [7, 11) is 0. The van der Waals surface area contributed by atoms with Crippen molar-refractivity contribution in [3.05, 3.63) is 44.8 Å². The molecule has 1 amide bonds. The molecule has 2 aromatic heterocycles. The Bertz CT molecular complexity index is 450. The van der Waals surface area contributed by atoms with Crippen molar-refractivity contribution in [2.24, 2.45) is 0 Å². The molecule has 0 aliphatic carbocycles. The van der Waals surface area contributed by atoms with Gasteiger partial charge in [-0.15, -0.1) is 11.3 Å². The molecule has 15 heavy (non-hydrogen) atoms. The molecule has 0 bridgehead atoms. The van der Waals surface area contributed by atoms with Gasteiger partial charge in [-0.3, -0.25) is 4.79 Å². The van der Waals surface area contributed by atoms with Gasteiger partial charge in [-0.1, -0.05) is 0 Å². The largest absolute Gasteiger partial charge is 0.357 e. The van der Waals surface area contributed by atoms with E-state index in [4.69, 9.17) is 0 Å². The van der Waals surface area contributed by atoms with Gasteiger partial charge in [-0.05, 0) is 45.1 Å². The first-order valence-corrected chi connectivity index (χ1v) is 6.08. The Morgan fingerprint density at radius 1 is 1.53 bits per heavy atom. The van der Waals surface area contributed by atoms with Crippen LogP contribution in [0.3, 0.4) is 0 Å². The molecule has 0 spiro atoms. The summed E-state index contributed by atoms with van der Waals surface area (Å²) in [5.74, 6) is -0.0851. The molecule has 78 valence electrons. The van der Waals surface area contributed by atoms with Gasteiger partial charge in [0.05, 0.1) is 3.79 Å². The normalized spacial score (nSPS) is 10.2. The molecule has 0 radical (unpaired) electrons. The van der Waals surface area contributed by atoms with E-state index in [1.165, 1.54) is 0 Å². The molecule has 0 aliphatic rings. The Kier molecular flexibility index (Phi) is 3.23. The maximum Gasteiger partial charge on any atom is 0.267 e. The second-order valence-corrected chi connectivity index (χ2v) is 5.22. The third-order valence-corrected chi connectivity index (χ3v) is 3.79. The summed E-state index contributed by atoms with van der Waals surface area (Å²) < 4.78 is 1.06. The van der Waals surface area contributed by atoms with E-state index >= 15 is 0 Å². The van der Waals surface area contributed by atoms with Gasteiger partial charge in [-0.2, -0.15) is 0 Å². The predicted octanol–water partition coefficient (Wildman–Crippen LogP) is 2.77. The Labute approximate surface area is 99.6 Å². The van der Waals surface area contributed by atoms with Crippen molar-refractivity contribution in [2.45, 2.75) is 6.54 Å². The van der Waals surface area contributed by atoms with Gasteiger partial charge in [0.1, 0.15) is 5.69 Å². The highest BCUT2D eigenvalue weighted by atomic mass is 79.9. The second-order valence-electron chi connectivity index (χ2n) is 2.99. The monoisotopic (exact) mass is 284 g/mol. The minimum Gasteiger partial charge on any atom is -0.357 e. The number of aromatic nitrogens is 1. The van der Waals surface area contributed by atoms with E-state index < -0.39 is 0 Å². The fraction of sp³-hybridized carbons (Fsp3) is 0.100. The number of H-pyrrole nitrogens is 1. The van der Waals surface area contributed by atoms with Gasteiger partial charge < -0.3 is 10.3 Å². The van der Waals surface area contributed by atoms with Crippen molar-refractivity contribution in [3.63, 3.8) is 0 Å². The first-order chi connectivity index (χ1) is 7.27. The van der Waals surface area contributed by atoms with E-state index in [1.807, 2.05) is 11.4 Å². The molecular weight excluding hydrogens is 276 g/mol. The fourth-order valence-corrected chi connectivity index (χ4v) is 2.43. The Balaban J connectivity index is 1.95. The molecule has 2 rings (SSSR count). The molecule has 5 heteroatoms. The summed E-state index contributed by atoms with van der Waals surface area (Å²) in [6.07, 6.45) is 1.73. The summed E-state index contributed by atoms with van der Waals surface area (Å²) in [4.78, 5) is 14.4. The van der Waals surface area contributed by atoms with Crippen LogP contribution in [0.5, 0.6) is 0 Å². The number of thiophene rings is 1. The van der Waals surface area contributed by atoms with Gasteiger partial charge in [0.25, 0.3) is 5.91 Å². The van der Waals surface area contributed by atoms with E-state index in [0.717, 1.165) is 9.35 Å².